The Hall–Kier alpha value is -2.67. The van der Waals surface area contributed by atoms with Gasteiger partial charge in [-0.2, -0.15) is 0 Å². The number of aryl methyl sites for hydroxylation is 2. The van der Waals surface area contributed by atoms with Gasteiger partial charge in [0.05, 0.1) is 5.56 Å². The Labute approximate surface area is 149 Å². The molecule has 130 valence electrons. The molecule has 1 heterocycles. The van der Waals surface area contributed by atoms with Crippen molar-refractivity contribution >= 4 is 34.2 Å². The average molecular weight is 357 g/mol. The lowest BCUT2D eigenvalue weighted by Gasteiger charge is -2.08. The van der Waals surface area contributed by atoms with Gasteiger partial charge in [-0.25, -0.2) is 4.79 Å². The molecular weight excluding hydrogens is 338 g/mol. The topological polar surface area (TPSA) is 101 Å². The molecule has 2 aromatic rings. The maximum absolute atomic E-state index is 12.3. The van der Waals surface area contributed by atoms with Crippen LogP contribution in [0.15, 0.2) is 30.3 Å². The third-order valence-corrected chi connectivity index (χ3v) is 5.33. The van der Waals surface area contributed by atoms with E-state index in [-0.39, 0.29) is 5.91 Å². The van der Waals surface area contributed by atoms with Gasteiger partial charge in [0.2, 0.25) is 5.91 Å². The number of fused-ring (bicyclic) bond motifs is 1. The zero-order valence-corrected chi connectivity index (χ0v) is 14.4. The molecule has 0 bridgehead atoms. The fourth-order valence-corrected chi connectivity index (χ4v) is 4.30. The number of urea groups is 1. The van der Waals surface area contributed by atoms with E-state index >= 15 is 0 Å². The minimum absolute atomic E-state index is 0.156. The van der Waals surface area contributed by atoms with Gasteiger partial charge in [0.25, 0.3) is 5.91 Å². The van der Waals surface area contributed by atoms with Crippen molar-refractivity contribution in [2.24, 2.45) is 5.73 Å². The standard InChI is InChI=1S/C18H19N3O3S/c19-18(24)21-16(23)15-12-7-4-8-13(12)25-17(15)20-14(22)10-9-11-5-2-1-3-6-11/h1-3,5-6H,4,7-10H2,(H,20,22)(H3,19,21,23,24). The van der Waals surface area contributed by atoms with Crippen molar-refractivity contribution < 1.29 is 14.4 Å². The summed E-state index contributed by atoms with van der Waals surface area (Å²) >= 11 is 1.41. The number of amides is 4. The molecule has 0 radical (unpaired) electrons. The normalized spacial score (nSPS) is 12.5. The fraction of sp³-hybridized carbons (Fsp3) is 0.278. The molecule has 0 aliphatic heterocycles. The van der Waals surface area contributed by atoms with Crippen LogP contribution in [0, 0.1) is 0 Å². The van der Waals surface area contributed by atoms with Crippen molar-refractivity contribution in [3.05, 3.63) is 51.9 Å². The van der Waals surface area contributed by atoms with Crippen LogP contribution >= 0.6 is 11.3 Å². The highest BCUT2D eigenvalue weighted by Crippen LogP contribution is 2.39. The second-order valence-corrected chi connectivity index (χ2v) is 7.02. The Bertz CT molecular complexity index is 814. The summed E-state index contributed by atoms with van der Waals surface area (Å²) in [6.45, 7) is 0. The fourth-order valence-electron chi connectivity index (χ4n) is 3.00. The number of imide groups is 1. The van der Waals surface area contributed by atoms with Crippen LogP contribution in [0.25, 0.3) is 0 Å². The lowest BCUT2D eigenvalue weighted by molar-refractivity contribution is -0.116. The summed E-state index contributed by atoms with van der Waals surface area (Å²) in [5, 5.41) is 5.43. The quantitative estimate of drug-likeness (QED) is 0.766. The first-order valence-electron chi connectivity index (χ1n) is 8.13. The van der Waals surface area contributed by atoms with Crippen molar-refractivity contribution in [1.29, 1.82) is 0 Å². The number of anilines is 1. The summed E-state index contributed by atoms with van der Waals surface area (Å²) in [5.41, 5.74) is 7.43. The number of hydrogen-bond acceptors (Lipinski definition) is 4. The Morgan fingerprint density at radius 3 is 2.60 bits per heavy atom. The smallest absolute Gasteiger partial charge is 0.319 e. The molecule has 1 aromatic heterocycles. The number of carbonyl (C=O) groups is 3. The molecule has 6 nitrogen and oxygen atoms in total. The highest BCUT2D eigenvalue weighted by molar-refractivity contribution is 7.17. The van der Waals surface area contributed by atoms with Crippen LogP contribution in [0.1, 0.15) is 39.2 Å². The summed E-state index contributed by atoms with van der Waals surface area (Å²) in [4.78, 5) is 36.7. The number of rotatable bonds is 5. The number of nitrogens with one attached hydrogen (secondary N) is 2. The molecule has 0 saturated carbocycles. The van der Waals surface area contributed by atoms with Crippen molar-refractivity contribution in [1.82, 2.24) is 5.32 Å². The second-order valence-electron chi connectivity index (χ2n) is 5.91. The first-order valence-corrected chi connectivity index (χ1v) is 8.95. The minimum Gasteiger partial charge on any atom is -0.351 e. The molecular formula is C18H19N3O3S. The van der Waals surface area contributed by atoms with Gasteiger partial charge in [-0.05, 0) is 36.8 Å². The molecule has 1 aliphatic carbocycles. The summed E-state index contributed by atoms with van der Waals surface area (Å²) in [7, 11) is 0. The summed E-state index contributed by atoms with van der Waals surface area (Å²) in [6, 6.07) is 8.84. The number of primary amides is 1. The Morgan fingerprint density at radius 2 is 1.88 bits per heavy atom. The van der Waals surface area contributed by atoms with Crippen LogP contribution in [0.2, 0.25) is 0 Å². The van der Waals surface area contributed by atoms with E-state index < -0.39 is 11.9 Å². The van der Waals surface area contributed by atoms with Gasteiger partial charge in [0, 0.05) is 11.3 Å². The molecule has 7 heteroatoms. The van der Waals surface area contributed by atoms with E-state index in [1.807, 2.05) is 30.3 Å². The zero-order chi connectivity index (χ0) is 17.8. The van der Waals surface area contributed by atoms with Crippen LogP contribution in [0.4, 0.5) is 9.80 Å². The molecule has 4 N–H and O–H groups in total. The minimum atomic E-state index is -0.899. The molecule has 1 aromatic carbocycles. The van der Waals surface area contributed by atoms with Gasteiger partial charge in [-0.1, -0.05) is 30.3 Å². The van der Waals surface area contributed by atoms with Gasteiger partial charge in [-0.15, -0.1) is 11.3 Å². The third-order valence-electron chi connectivity index (χ3n) is 4.12. The van der Waals surface area contributed by atoms with Crippen molar-refractivity contribution in [2.75, 3.05) is 5.32 Å². The zero-order valence-electron chi connectivity index (χ0n) is 13.6. The number of benzene rings is 1. The van der Waals surface area contributed by atoms with E-state index in [1.54, 1.807) is 0 Å². The van der Waals surface area contributed by atoms with E-state index in [0.29, 0.717) is 23.4 Å². The average Bonchev–Trinajstić information content (AvgIpc) is 3.13. The highest BCUT2D eigenvalue weighted by atomic mass is 32.1. The van der Waals surface area contributed by atoms with Crippen LogP contribution in [-0.4, -0.2) is 17.8 Å². The van der Waals surface area contributed by atoms with E-state index in [1.165, 1.54) is 11.3 Å². The summed E-state index contributed by atoms with van der Waals surface area (Å²) in [5.74, 6) is -0.706. The molecule has 0 fully saturated rings. The summed E-state index contributed by atoms with van der Waals surface area (Å²) < 4.78 is 0. The third kappa shape index (κ3) is 4.06. The first kappa shape index (κ1) is 17.2. The Balaban J connectivity index is 1.72. The van der Waals surface area contributed by atoms with Crippen LogP contribution in [-0.2, 0) is 24.1 Å². The van der Waals surface area contributed by atoms with Gasteiger partial charge in [0.1, 0.15) is 5.00 Å². The van der Waals surface area contributed by atoms with Crippen LogP contribution in [0.5, 0.6) is 0 Å². The molecule has 0 atom stereocenters. The van der Waals surface area contributed by atoms with Crippen LogP contribution in [0.3, 0.4) is 0 Å². The molecule has 3 rings (SSSR count). The molecule has 1 aliphatic rings. The maximum Gasteiger partial charge on any atom is 0.319 e. The molecule has 0 saturated heterocycles. The Morgan fingerprint density at radius 1 is 1.12 bits per heavy atom. The van der Waals surface area contributed by atoms with Crippen LogP contribution < -0.4 is 16.4 Å². The maximum atomic E-state index is 12.3. The van der Waals surface area contributed by atoms with E-state index in [2.05, 4.69) is 10.6 Å². The van der Waals surface area contributed by atoms with Crippen molar-refractivity contribution in [3.8, 4) is 0 Å². The molecule has 25 heavy (non-hydrogen) atoms. The molecule has 4 amide bonds. The van der Waals surface area contributed by atoms with E-state index in [9.17, 15) is 14.4 Å². The van der Waals surface area contributed by atoms with Gasteiger partial charge in [0.15, 0.2) is 0 Å². The number of carbonyl (C=O) groups excluding carboxylic acids is 3. The van der Waals surface area contributed by atoms with Crippen molar-refractivity contribution in [2.45, 2.75) is 32.1 Å². The second kappa shape index (κ2) is 7.48. The SMILES string of the molecule is NC(=O)NC(=O)c1c(NC(=O)CCc2ccccc2)sc2c1CCC2. The summed E-state index contributed by atoms with van der Waals surface area (Å²) in [6.07, 6.45) is 3.58. The monoisotopic (exact) mass is 357 g/mol. The van der Waals surface area contributed by atoms with Gasteiger partial charge in [-0.3, -0.25) is 14.9 Å². The van der Waals surface area contributed by atoms with Crippen molar-refractivity contribution in [3.63, 3.8) is 0 Å². The molecule has 0 spiro atoms. The lowest BCUT2D eigenvalue weighted by Crippen LogP contribution is -2.35. The number of thiophene rings is 1. The van der Waals surface area contributed by atoms with E-state index in [0.717, 1.165) is 35.3 Å². The predicted octanol–water partition coefficient (Wildman–Crippen LogP) is 2.62. The number of hydrogen-bond donors (Lipinski definition) is 3. The Kier molecular flexibility index (Phi) is 5.14. The van der Waals surface area contributed by atoms with Gasteiger partial charge < -0.3 is 11.1 Å². The lowest BCUT2D eigenvalue weighted by atomic mass is 10.1. The molecule has 0 unspecified atom stereocenters. The highest BCUT2D eigenvalue weighted by Gasteiger charge is 2.27. The predicted molar refractivity (Wildman–Crippen MR) is 96.8 cm³/mol. The largest absolute Gasteiger partial charge is 0.351 e. The van der Waals surface area contributed by atoms with E-state index in [4.69, 9.17) is 5.73 Å². The number of nitrogens with two attached hydrogens (primary N) is 1. The van der Waals surface area contributed by atoms with Gasteiger partial charge >= 0.3 is 6.03 Å². The first-order chi connectivity index (χ1) is 12.0.